The number of nitrogens with two attached hydrogens (primary N) is 1. The molecule has 0 unspecified atom stereocenters. The topological polar surface area (TPSA) is 110 Å². The summed E-state index contributed by atoms with van der Waals surface area (Å²) in [6.07, 6.45) is 1.47. The molecule has 20 heavy (non-hydrogen) atoms. The van der Waals surface area contributed by atoms with E-state index in [-0.39, 0.29) is 11.9 Å². The van der Waals surface area contributed by atoms with Gasteiger partial charge in [0, 0.05) is 16.1 Å². The van der Waals surface area contributed by atoms with Gasteiger partial charge in [-0.25, -0.2) is 4.98 Å². The summed E-state index contributed by atoms with van der Waals surface area (Å²) in [5.74, 6) is 0.0612. The van der Waals surface area contributed by atoms with E-state index in [2.05, 4.69) is 41.4 Å². The van der Waals surface area contributed by atoms with E-state index in [9.17, 15) is 4.79 Å². The van der Waals surface area contributed by atoms with E-state index in [1.807, 2.05) is 18.2 Å². The molecule has 1 amide bonds. The molecule has 2 heterocycles. The Labute approximate surface area is 121 Å². The highest BCUT2D eigenvalue weighted by Gasteiger charge is 2.15. The molecule has 3 rings (SSSR count). The summed E-state index contributed by atoms with van der Waals surface area (Å²) in [7, 11) is 0. The molecule has 0 radical (unpaired) electrons. The number of aromatic amines is 1. The lowest BCUT2D eigenvalue weighted by Gasteiger charge is -2.02. The summed E-state index contributed by atoms with van der Waals surface area (Å²) in [5.41, 5.74) is 6.53. The van der Waals surface area contributed by atoms with Gasteiger partial charge >= 0.3 is 0 Å². The molecule has 0 bridgehead atoms. The monoisotopic (exact) mass is 332 g/mol. The summed E-state index contributed by atoms with van der Waals surface area (Å²) in [4.78, 5) is 19.8. The van der Waals surface area contributed by atoms with Crippen molar-refractivity contribution in [1.29, 1.82) is 0 Å². The number of nitrogens with zero attached hydrogens (tertiary/aromatic N) is 3. The van der Waals surface area contributed by atoms with Crippen LogP contribution >= 0.6 is 15.9 Å². The molecule has 1 aromatic carbocycles. The van der Waals surface area contributed by atoms with Crippen molar-refractivity contribution >= 4 is 44.5 Å². The van der Waals surface area contributed by atoms with Crippen molar-refractivity contribution in [3.8, 4) is 0 Å². The van der Waals surface area contributed by atoms with Gasteiger partial charge in [0.05, 0.1) is 5.52 Å². The lowest BCUT2D eigenvalue weighted by atomic mass is 10.2. The number of rotatable bonds is 2. The average Bonchev–Trinajstić information content (AvgIpc) is 2.81. The zero-order valence-corrected chi connectivity index (χ0v) is 11.7. The van der Waals surface area contributed by atoms with E-state index in [0.717, 1.165) is 15.4 Å². The maximum absolute atomic E-state index is 12.2. The van der Waals surface area contributed by atoms with Gasteiger partial charge in [0.2, 0.25) is 5.95 Å². The summed E-state index contributed by atoms with van der Waals surface area (Å²) in [6.45, 7) is 0. The molecule has 0 saturated carbocycles. The molecule has 0 aliphatic heterocycles. The maximum atomic E-state index is 12.2. The fraction of sp³-hybridized carbons (Fsp3) is 0. The van der Waals surface area contributed by atoms with E-state index in [1.165, 1.54) is 6.20 Å². The van der Waals surface area contributed by atoms with Crippen molar-refractivity contribution in [2.75, 3.05) is 11.1 Å². The van der Waals surface area contributed by atoms with Gasteiger partial charge in [0.25, 0.3) is 5.91 Å². The number of halogens is 1. The second-order valence-electron chi connectivity index (χ2n) is 4.02. The standard InChI is InChI=1S/C12H9BrN6O/c13-6-1-2-7-8(5-6)18-19-10(7)11(20)16-9-3-4-15-12(14)17-9/h1-5H,(H,18,19)(H3,14,15,16,17,20). The molecule has 0 fully saturated rings. The minimum Gasteiger partial charge on any atom is -0.368 e. The molecule has 2 aromatic heterocycles. The normalized spacial score (nSPS) is 10.7. The van der Waals surface area contributed by atoms with Gasteiger partial charge < -0.3 is 11.1 Å². The van der Waals surface area contributed by atoms with Gasteiger partial charge in [-0.3, -0.25) is 9.89 Å². The highest BCUT2D eigenvalue weighted by molar-refractivity contribution is 9.10. The number of carbonyl (C=O) groups excluding carboxylic acids is 1. The Morgan fingerprint density at radius 1 is 1.35 bits per heavy atom. The largest absolute Gasteiger partial charge is 0.368 e. The third kappa shape index (κ3) is 2.32. The van der Waals surface area contributed by atoms with Crippen LogP contribution in [0.1, 0.15) is 10.5 Å². The van der Waals surface area contributed by atoms with Crippen LogP contribution in [-0.4, -0.2) is 26.1 Å². The van der Waals surface area contributed by atoms with Crippen molar-refractivity contribution in [2.45, 2.75) is 0 Å². The van der Waals surface area contributed by atoms with Crippen LogP contribution in [0.25, 0.3) is 10.9 Å². The van der Waals surface area contributed by atoms with Crippen LogP contribution in [0.15, 0.2) is 34.9 Å². The Hall–Kier alpha value is -2.48. The van der Waals surface area contributed by atoms with Crippen LogP contribution in [0.4, 0.5) is 11.8 Å². The first-order valence-corrected chi connectivity index (χ1v) is 6.46. The van der Waals surface area contributed by atoms with Crippen LogP contribution in [0, 0.1) is 0 Å². The van der Waals surface area contributed by atoms with E-state index in [4.69, 9.17) is 5.73 Å². The molecular weight excluding hydrogens is 324 g/mol. The average molecular weight is 333 g/mol. The SMILES string of the molecule is Nc1nccc(NC(=O)c2n[nH]c3cc(Br)ccc23)n1. The third-order valence-corrected chi connectivity index (χ3v) is 3.15. The number of benzene rings is 1. The number of hydrogen-bond acceptors (Lipinski definition) is 5. The second kappa shape index (κ2) is 4.89. The molecule has 0 aliphatic carbocycles. The smallest absolute Gasteiger partial charge is 0.277 e. The van der Waals surface area contributed by atoms with E-state index in [1.54, 1.807) is 6.07 Å². The number of amides is 1. The summed E-state index contributed by atoms with van der Waals surface area (Å²) < 4.78 is 0.907. The molecule has 4 N–H and O–H groups in total. The zero-order valence-electron chi connectivity index (χ0n) is 10.1. The molecule has 0 saturated heterocycles. The number of aromatic nitrogens is 4. The Morgan fingerprint density at radius 2 is 2.20 bits per heavy atom. The van der Waals surface area contributed by atoms with Crippen molar-refractivity contribution in [2.24, 2.45) is 0 Å². The summed E-state index contributed by atoms with van der Waals surface area (Å²) in [6, 6.07) is 7.06. The van der Waals surface area contributed by atoms with Crippen molar-refractivity contribution in [1.82, 2.24) is 20.2 Å². The highest BCUT2D eigenvalue weighted by atomic mass is 79.9. The van der Waals surface area contributed by atoms with Gasteiger partial charge in [-0.2, -0.15) is 10.1 Å². The van der Waals surface area contributed by atoms with Gasteiger partial charge in [0.15, 0.2) is 5.69 Å². The minimum atomic E-state index is -0.364. The number of H-pyrrole nitrogens is 1. The summed E-state index contributed by atoms with van der Waals surface area (Å²) in [5, 5.41) is 10.2. The fourth-order valence-corrected chi connectivity index (χ4v) is 2.14. The number of carbonyl (C=O) groups is 1. The third-order valence-electron chi connectivity index (χ3n) is 2.66. The minimum absolute atomic E-state index is 0.0959. The number of fused-ring (bicyclic) bond motifs is 1. The number of nitrogen functional groups attached to an aromatic ring is 1. The van der Waals surface area contributed by atoms with Crippen molar-refractivity contribution < 1.29 is 4.79 Å². The predicted octanol–water partition coefficient (Wildman–Crippen LogP) is 1.95. The first kappa shape index (κ1) is 12.5. The molecule has 0 spiro atoms. The number of anilines is 2. The van der Waals surface area contributed by atoms with Crippen molar-refractivity contribution in [3.63, 3.8) is 0 Å². The van der Waals surface area contributed by atoms with Gasteiger partial charge in [-0.1, -0.05) is 15.9 Å². The molecule has 100 valence electrons. The molecule has 0 atom stereocenters. The van der Waals surface area contributed by atoms with Crippen LogP contribution in [0.2, 0.25) is 0 Å². The molecule has 0 aliphatic rings. The van der Waals surface area contributed by atoms with Gasteiger partial charge in [0.1, 0.15) is 5.82 Å². The van der Waals surface area contributed by atoms with Gasteiger partial charge in [-0.05, 0) is 24.3 Å². The first-order valence-electron chi connectivity index (χ1n) is 5.67. The Kier molecular flexibility index (Phi) is 3.07. The Morgan fingerprint density at radius 3 is 3.00 bits per heavy atom. The van der Waals surface area contributed by atoms with Crippen molar-refractivity contribution in [3.05, 3.63) is 40.6 Å². The molecular formula is C12H9BrN6O. The van der Waals surface area contributed by atoms with E-state index in [0.29, 0.717) is 11.5 Å². The van der Waals surface area contributed by atoms with E-state index >= 15 is 0 Å². The second-order valence-corrected chi connectivity index (χ2v) is 4.93. The first-order chi connectivity index (χ1) is 9.63. The van der Waals surface area contributed by atoms with E-state index < -0.39 is 0 Å². The molecule has 8 heteroatoms. The zero-order chi connectivity index (χ0) is 14.1. The Bertz CT molecular complexity index is 799. The lowest BCUT2D eigenvalue weighted by Crippen LogP contribution is -2.14. The maximum Gasteiger partial charge on any atom is 0.277 e. The van der Waals surface area contributed by atoms with Crippen LogP contribution in [-0.2, 0) is 0 Å². The predicted molar refractivity (Wildman–Crippen MR) is 78.2 cm³/mol. The number of hydrogen-bond donors (Lipinski definition) is 3. The Balaban J connectivity index is 1.93. The van der Waals surface area contributed by atoms with Crippen LogP contribution < -0.4 is 11.1 Å². The highest BCUT2D eigenvalue weighted by Crippen LogP contribution is 2.21. The quantitative estimate of drug-likeness (QED) is 0.664. The van der Waals surface area contributed by atoms with Gasteiger partial charge in [-0.15, -0.1) is 0 Å². The molecule has 3 aromatic rings. The molecule has 7 nitrogen and oxygen atoms in total. The lowest BCUT2D eigenvalue weighted by molar-refractivity contribution is 0.102. The van der Waals surface area contributed by atoms with Crippen LogP contribution in [0.5, 0.6) is 0 Å². The van der Waals surface area contributed by atoms with Crippen LogP contribution in [0.3, 0.4) is 0 Å². The number of nitrogens with one attached hydrogen (secondary N) is 2. The fourth-order valence-electron chi connectivity index (χ4n) is 1.78. The summed E-state index contributed by atoms with van der Waals surface area (Å²) >= 11 is 3.36.